The van der Waals surface area contributed by atoms with E-state index in [9.17, 15) is 14.9 Å². The second kappa shape index (κ2) is 9.11. The number of rotatable bonds is 8. The lowest BCUT2D eigenvalue weighted by Crippen LogP contribution is -2.27. The number of nitrogens with zero attached hydrogens (tertiary/aromatic N) is 3. The average molecular weight is 413 g/mol. The molecule has 0 atom stereocenters. The molecule has 2 N–H and O–H groups in total. The molecule has 1 heterocycles. The number of hydrogen-bond donors (Lipinski definition) is 2. The monoisotopic (exact) mass is 413 g/mol. The molecule has 0 radical (unpaired) electrons. The van der Waals surface area contributed by atoms with Crippen LogP contribution in [0.2, 0.25) is 0 Å². The third-order valence-electron chi connectivity index (χ3n) is 4.18. The van der Waals surface area contributed by atoms with E-state index in [-0.39, 0.29) is 23.5 Å². The van der Waals surface area contributed by atoms with Crippen molar-refractivity contribution in [2.24, 2.45) is 0 Å². The highest BCUT2D eigenvalue weighted by molar-refractivity contribution is 7.71. The molecule has 150 valence electrons. The summed E-state index contributed by atoms with van der Waals surface area (Å²) in [5.74, 6) is 0.999. The maximum absolute atomic E-state index is 12.7. The van der Waals surface area contributed by atoms with Gasteiger partial charge >= 0.3 is 0 Å². The van der Waals surface area contributed by atoms with E-state index in [0.29, 0.717) is 23.5 Å². The van der Waals surface area contributed by atoms with Crippen molar-refractivity contribution in [3.63, 3.8) is 0 Å². The van der Waals surface area contributed by atoms with E-state index in [2.05, 4.69) is 15.5 Å². The summed E-state index contributed by atoms with van der Waals surface area (Å²) >= 11 is 5.15. The molecular weight excluding hydrogens is 394 g/mol. The van der Waals surface area contributed by atoms with Gasteiger partial charge < -0.3 is 14.6 Å². The number of carbonyl (C=O) groups excluding carboxylic acids is 1. The number of nitro groups is 1. The molecule has 0 bridgehead atoms. The number of benzene rings is 2. The van der Waals surface area contributed by atoms with Crippen LogP contribution in [0.4, 0.5) is 5.69 Å². The van der Waals surface area contributed by atoms with Gasteiger partial charge in [-0.3, -0.25) is 20.0 Å². The molecule has 1 aromatic heterocycles. The number of ether oxygens (including phenoxy) is 1. The predicted octanol–water partition coefficient (Wildman–Crippen LogP) is 3.63. The standard InChI is InChI=1S/C19H19N5O4S/c1-2-23-17(21-22-19(23)29)10-11-20-18(25)15-12-13(24(26)27)8-9-16(15)28-14-6-4-3-5-7-14/h3-9,12H,2,10-11H2,1H3,(H,20,25)(H,22,29). The largest absolute Gasteiger partial charge is 0.457 e. The molecular formula is C19H19N5O4S. The smallest absolute Gasteiger partial charge is 0.270 e. The maximum Gasteiger partial charge on any atom is 0.270 e. The van der Waals surface area contributed by atoms with Gasteiger partial charge in [0.1, 0.15) is 17.3 Å². The molecule has 0 saturated carbocycles. The summed E-state index contributed by atoms with van der Waals surface area (Å²) in [7, 11) is 0. The van der Waals surface area contributed by atoms with Crippen LogP contribution in [0.5, 0.6) is 11.5 Å². The van der Waals surface area contributed by atoms with E-state index < -0.39 is 10.8 Å². The van der Waals surface area contributed by atoms with Gasteiger partial charge in [0, 0.05) is 31.6 Å². The Hall–Kier alpha value is -3.53. The summed E-state index contributed by atoms with van der Waals surface area (Å²) in [5.41, 5.74) is -0.111. The maximum atomic E-state index is 12.7. The molecule has 0 spiro atoms. The van der Waals surface area contributed by atoms with Crippen molar-refractivity contribution < 1.29 is 14.5 Å². The number of amides is 1. The molecule has 0 saturated heterocycles. The summed E-state index contributed by atoms with van der Waals surface area (Å²) in [6.07, 6.45) is 0.455. The Bertz CT molecular complexity index is 1080. The van der Waals surface area contributed by atoms with Crippen LogP contribution >= 0.6 is 12.2 Å². The van der Waals surface area contributed by atoms with E-state index in [0.717, 1.165) is 5.82 Å². The van der Waals surface area contributed by atoms with Gasteiger partial charge in [0.2, 0.25) is 0 Å². The van der Waals surface area contributed by atoms with Crippen molar-refractivity contribution in [3.05, 3.63) is 74.8 Å². The number of para-hydroxylation sites is 1. The van der Waals surface area contributed by atoms with Crippen molar-refractivity contribution in [1.29, 1.82) is 0 Å². The number of nitrogens with one attached hydrogen (secondary N) is 2. The fourth-order valence-electron chi connectivity index (χ4n) is 2.76. The minimum Gasteiger partial charge on any atom is -0.457 e. The Labute approximate surface area is 171 Å². The highest BCUT2D eigenvalue weighted by Crippen LogP contribution is 2.28. The molecule has 29 heavy (non-hydrogen) atoms. The topological polar surface area (TPSA) is 115 Å². The van der Waals surface area contributed by atoms with Crippen LogP contribution in [0.1, 0.15) is 23.1 Å². The van der Waals surface area contributed by atoms with Gasteiger partial charge in [-0.1, -0.05) is 18.2 Å². The Morgan fingerprint density at radius 1 is 1.31 bits per heavy atom. The van der Waals surface area contributed by atoms with Crippen LogP contribution in [0.15, 0.2) is 48.5 Å². The number of aromatic amines is 1. The molecule has 0 aliphatic carbocycles. The molecule has 3 aromatic rings. The first-order valence-corrected chi connectivity index (χ1v) is 9.34. The lowest BCUT2D eigenvalue weighted by Gasteiger charge is -2.11. The van der Waals surface area contributed by atoms with E-state index in [4.69, 9.17) is 17.0 Å². The average Bonchev–Trinajstić information content (AvgIpc) is 3.08. The van der Waals surface area contributed by atoms with Gasteiger partial charge in [-0.25, -0.2) is 0 Å². The first-order valence-electron chi connectivity index (χ1n) is 8.93. The van der Waals surface area contributed by atoms with Gasteiger partial charge in [0.15, 0.2) is 4.77 Å². The van der Waals surface area contributed by atoms with Crippen molar-refractivity contribution in [2.45, 2.75) is 19.9 Å². The summed E-state index contributed by atoms with van der Waals surface area (Å²) in [4.78, 5) is 23.3. The van der Waals surface area contributed by atoms with Crippen LogP contribution in [-0.2, 0) is 13.0 Å². The number of hydrogen-bond acceptors (Lipinski definition) is 6. The second-order valence-electron chi connectivity index (χ2n) is 6.05. The molecule has 0 fully saturated rings. The Kier molecular flexibility index (Phi) is 6.35. The molecule has 9 nitrogen and oxygen atoms in total. The minimum atomic E-state index is -0.553. The number of H-pyrrole nitrogens is 1. The predicted molar refractivity (Wildman–Crippen MR) is 109 cm³/mol. The zero-order valence-electron chi connectivity index (χ0n) is 15.6. The van der Waals surface area contributed by atoms with E-state index >= 15 is 0 Å². The Morgan fingerprint density at radius 3 is 2.76 bits per heavy atom. The lowest BCUT2D eigenvalue weighted by atomic mass is 10.1. The van der Waals surface area contributed by atoms with Crippen LogP contribution in [0, 0.1) is 14.9 Å². The van der Waals surface area contributed by atoms with Gasteiger partial charge in [0.25, 0.3) is 11.6 Å². The van der Waals surface area contributed by atoms with Crippen LogP contribution in [0.25, 0.3) is 0 Å². The van der Waals surface area contributed by atoms with Crippen LogP contribution < -0.4 is 10.1 Å². The fourth-order valence-corrected chi connectivity index (χ4v) is 3.04. The highest BCUT2D eigenvalue weighted by atomic mass is 32.1. The van der Waals surface area contributed by atoms with E-state index in [1.54, 1.807) is 24.3 Å². The van der Waals surface area contributed by atoms with Crippen molar-refractivity contribution in [2.75, 3.05) is 6.54 Å². The fraction of sp³-hybridized carbons (Fsp3) is 0.211. The number of nitro benzene ring substituents is 1. The molecule has 2 aromatic carbocycles. The molecule has 1 amide bonds. The molecule has 0 aliphatic rings. The van der Waals surface area contributed by atoms with Crippen LogP contribution in [0.3, 0.4) is 0 Å². The van der Waals surface area contributed by atoms with E-state index in [1.807, 2.05) is 17.6 Å². The zero-order chi connectivity index (χ0) is 20.8. The first-order chi connectivity index (χ1) is 14.0. The summed E-state index contributed by atoms with van der Waals surface area (Å²) in [5, 5.41) is 20.8. The third kappa shape index (κ3) is 4.85. The number of non-ortho nitro benzene ring substituents is 1. The summed E-state index contributed by atoms with van der Waals surface area (Å²) in [6, 6.07) is 12.8. The van der Waals surface area contributed by atoms with E-state index in [1.165, 1.54) is 18.2 Å². The normalized spacial score (nSPS) is 10.5. The zero-order valence-corrected chi connectivity index (χ0v) is 16.4. The van der Waals surface area contributed by atoms with Crippen molar-refractivity contribution in [1.82, 2.24) is 20.1 Å². The molecule has 10 heteroatoms. The summed E-state index contributed by atoms with van der Waals surface area (Å²) < 4.78 is 8.10. The highest BCUT2D eigenvalue weighted by Gasteiger charge is 2.18. The molecule has 3 rings (SSSR count). The van der Waals surface area contributed by atoms with Crippen LogP contribution in [-0.4, -0.2) is 32.1 Å². The molecule has 0 unspecified atom stereocenters. The Balaban J connectivity index is 1.77. The lowest BCUT2D eigenvalue weighted by molar-refractivity contribution is -0.384. The Morgan fingerprint density at radius 2 is 2.07 bits per heavy atom. The van der Waals surface area contributed by atoms with Gasteiger partial charge in [0.05, 0.1) is 10.5 Å². The van der Waals surface area contributed by atoms with Crippen molar-refractivity contribution in [3.8, 4) is 11.5 Å². The van der Waals surface area contributed by atoms with Gasteiger partial charge in [-0.05, 0) is 37.3 Å². The van der Waals surface area contributed by atoms with Gasteiger partial charge in [-0.2, -0.15) is 5.10 Å². The number of aromatic nitrogens is 3. The summed E-state index contributed by atoms with van der Waals surface area (Å²) in [6.45, 7) is 2.90. The SMILES string of the molecule is CCn1c(CCNC(=O)c2cc([N+](=O)[O-])ccc2Oc2ccccc2)n[nH]c1=S. The van der Waals surface area contributed by atoms with Crippen molar-refractivity contribution >= 4 is 23.8 Å². The number of carbonyl (C=O) groups is 1. The third-order valence-corrected chi connectivity index (χ3v) is 4.49. The quantitative estimate of drug-likeness (QED) is 0.331. The second-order valence-corrected chi connectivity index (χ2v) is 6.43. The minimum absolute atomic E-state index is 0.0809. The van der Waals surface area contributed by atoms with Gasteiger partial charge in [-0.15, -0.1) is 0 Å². The first kappa shape index (κ1) is 20.2. The molecule has 0 aliphatic heterocycles.